The molecule has 8 heteroatoms. The number of halogens is 1. The maximum Gasteiger partial charge on any atom is 0.325 e. The van der Waals surface area contributed by atoms with E-state index in [1.54, 1.807) is 13.8 Å². The summed E-state index contributed by atoms with van der Waals surface area (Å²) in [6.45, 7) is 3.05. The number of sulfone groups is 1. The highest BCUT2D eigenvalue weighted by Gasteiger charge is 2.81. The van der Waals surface area contributed by atoms with Crippen molar-refractivity contribution >= 4 is 21.8 Å². The van der Waals surface area contributed by atoms with Crippen molar-refractivity contribution in [2.75, 3.05) is 19.5 Å². The molecule has 0 aliphatic heterocycles. The standard InChI is InChI=1S/C16H19FO6S/c1-4-22-14(18)16(15(19)23-5-2)12(13(16)24(3,20)21)10-7-6-8-11(17)9-10/h6-9,12-13H,4-5H2,1-3H3. The summed E-state index contributed by atoms with van der Waals surface area (Å²) in [5.41, 5.74) is -1.75. The molecule has 0 amide bonds. The minimum Gasteiger partial charge on any atom is -0.465 e. The van der Waals surface area contributed by atoms with Gasteiger partial charge in [0.2, 0.25) is 0 Å². The topological polar surface area (TPSA) is 86.7 Å². The van der Waals surface area contributed by atoms with Crippen LogP contribution in [0.1, 0.15) is 25.3 Å². The van der Waals surface area contributed by atoms with Gasteiger partial charge in [0.1, 0.15) is 5.82 Å². The van der Waals surface area contributed by atoms with Gasteiger partial charge in [0, 0.05) is 12.2 Å². The van der Waals surface area contributed by atoms with Crippen molar-refractivity contribution in [2.45, 2.75) is 25.0 Å². The first-order valence-electron chi connectivity index (χ1n) is 7.50. The van der Waals surface area contributed by atoms with Crippen LogP contribution in [0.5, 0.6) is 0 Å². The second kappa shape index (κ2) is 6.51. The highest BCUT2D eigenvalue weighted by atomic mass is 32.2. The molecule has 1 fully saturated rings. The zero-order chi connectivity index (χ0) is 18.1. The lowest BCUT2D eigenvalue weighted by molar-refractivity contribution is -0.164. The number of hydrogen-bond donors (Lipinski definition) is 0. The van der Waals surface area contributed by atoms with E-state index in [1.165, 1.54) is 18.2 Å². The van der Waals surface area contributed by atoms with E-state index in [2.05, 4.69) is 0 Å². The summed E-state index contributed by atoms with van der Waals surface area (Å²) in [6.07, 6.45) is 0.935. The lowest BCUT2D eigenvalue weighted by Gasteiger charge is -2.15. The largest absolute Gasteiger partial charge is 0.465 e. The second-order valence-corrected chi connectivity index (χ2v) is 7.76. The summed E-state index contributed by atoms with van der Waals surface area (Å²) in [7, 11) is -3.80. The molecule has 6 nitrogen and oxygen atoms in total. The average molecular weight is 358 g/mol. The van der Waals surface area contributed by atoms with Gasteiger partial charge >= 0.3 is 11.9 Å². The van der Waals surface area contributed by atoms with Crippen LogP contribution in [0.15, 0.2) is 24.3 Å². The zero-order valence-corrected chi connectivity index (χ0v) is 14.4. The van der Waals surface area contributed by atoms with Crippen molar-refractivity contribution < 1.29 is 31.9 Å². The maximum atomic E-state index is 13.5. The van der Waals surface area contributed by atoms with Gasteiger partial charge in [0.25, 0.3) is 0 Å². The first-order chi connectivity index (χ1) is 11.2. The molecule has 2 unspecified atom stereocenters. The fourth-order valence-electron chi connectivity index (χ4n) is 3.15. The van der Waals surface area contributed by atoms with Crippen LogP contribution >= 0.6 is 0 Å². The predicted octanol–water partition coefficient (Wildman–Crippen LogP) is 1.45. The molecule has 1 aromatic carbocycles. The second-order valence-electron chi connectivity index (χ2n) is 5.59. The molecule has 0 bridgehead atoms. The molecule has 1 saturated carbocycles. The molecule has 0 aromatic heterocycles. The van der Waals surface area contributed by atoms with Crippen LogP contribution in [0.25, 0.3) is 0 Å². The quantitative estimate of drug-likeness (QED) is 0.565. The molecular formula is C16H19FO6S. The molecular weight excluding hydrogens is 339 g/mol. The van der Waals surface area contributed by atoms with Gasteiger partial charge < -0.3 is 9.47 Å². The number of hydrogen-bond acceptors (Lipinski definition) is 6. The van der Waals surface area contributed by atoms with Crippen molar-refractivity contribution in [1.82, 2.24) is 0 Å². The van der Waals surface area contributed by atoms with Gasteiger partial charge in [-0.15, -0.1) is 0 Å². The Bertz CT molecular complexity index is 740. The van der Waals surface area contributed by atoms with Crippen LogP contribution in [0, 0.1) is 11.2 Å². The number of carbonyl (C=O) groups excluding carboxylic acids is 2. The molecule has 0 saturated heterocycles. The molecule has 1 aliphatic carbocycles. The van der Waals surface area contributed by atoms with E-state index in [4.69, 9.17) is 9.47 Å². The summed E-state index contributed by atoms with van der Waals surface area (Å²) in [5, 5.41) is -1.34. The van der Waals surface area contributed by atoms with E-state index >= 15 is 0 Å². The van der Waals surface area contributed by atoms with Crippen LogP contribution in [0.3, 0.4) is 0 Å². The Labute approximate surface area is 139 Å². The van der Waals surface area contributed by atoms with E-state index in [9.17, 15) is 22.4 Å². The van der Waals surface area contributed by atoms with E-state index in [0.717, 1.165) is 12.3 Å². The van der Waals surface area contributed by atoms with Crippen LogP contribution < -0.4 is 0 Å². The minimum atomic E-state index is -3.80. The normalized spacial score (nSPS) is 21.8. The molecule has 2 rings (SSSR count). The van der Waals surface area contributed by atoms with Gasteiger partial charge in [0.05, 0.1) is 18.5 Å². The third-order valence-corrected chi connectivity index (χ3v) is 5.59. The molecule has 0 heterocycles. The summed E-state index contributed by atoms with van der Waals surface area (Å²) < 4.78 is 47.8. The van der Waals surface area contributed by atoms with E-state index in [-0.39, 0.29) is 18.8 Å². The average Bonchev–Trinajstić information content (AvgIpc) is 3.19. The first kappa shape index (κ1) is 18.4. The van der Waals surface area contributed by atoms with E-state index < -0.39 is 44.2 Å². The molecule has 24 heavy (non-hydrogen) atoms. The first-order valence-corrected chi connectivity index (χ1v) is 9.45. The van der Waals surface area contributed by atoms with Gasteiger partial charge in [0.15, 0.2) is 15.3 Å². The van der Waals surface area contributed by atoms with Crippen molar-refractivity contribution in [3.05, 3.63) is 35.6 Å². The number of carbonyl (C=O) groups is 2. The van der Waals surface area contributed by atoms with Gasteiger partial charge in [-0.3, -0.25) is 9.59 Å². The van der Waals surface area contributed by atoms with Gasteiger partial charge in [-0.05, 0) is 31.5 Å². The lowest BCUT2D eigenvalue weighted by Crippen LogP contribution is -2.35. The Kier molecular flexibility index (Phi) is 4.98. The summed E-state index contributed by atoms with van der Waals surface area (Å²) in [6, 6.07) is 5.18. The summed E-state index contributed by atoms with van der Waals surface area (Å²) in [5.74, 6) is -3.56. The summed E-state index contributed by atoms with van der Waals surface area (Å²) in [4.78, 5) is 25.0. The highest BCUT2D eigenvalue weighted by molar-refractivity contribution is 7.91. The van der Waals surface area contributed by atoms with Crippen molar-refractivity contribution in [3.63, 3.8) is 0 Å². The molecule has 0 spiro atoms. The van der Waals surface area contributed by atoms with Crippen molar-refractivity contribution in [3.8, 4) is 0 Å². The SMILES string of the molecule is CCOC(=O)C1(C(=O)OCC)C(c2cccc(F)c2)C1S(C)(=O)=O. The molecule has 0 radical (unpaired) electrons. The fourth-order valence-corrected chi connectivity index (χ4v) is 4.95. The van der Waals surface area contributed by atoms with Crippen LogP contribution in [-0.2, 0) is 28.9 Å². The molecule has 0 N–H and O–H groups in total. The summed E-state index contributed by atoms with van der Waals surface area (Å²) >= 11 is 0. The van der Waals surface area contributed by atoms with Crippen molar-refractivity contribution in [1.29, 1.82) is 0 Å². The Morgan fingerprint density at radius 2 is 1.71 bits per heavy atom. The number of benzene rings is 1. The van der Waals surface area contributed by atoms with Crippen molar-refractivity contribution in [2.24, 2.45) is 5.41 Å². The van der Waals surface area contributed by atoms with E-state index in [0.29, 0.717) is 0 Å². The molecule has 1 aliphatic rings. The van der Waals surface area contributed by atoms with Crippen LogP contribution in [-0.4, -0.2) is 45.1 Å². The molecule has 2 atom stereocenters. The third-order valence-electron chi connectivity index (χ3n) is 4.03. The Hall–Kier alpha value is -1.96. The monoisotopic (exact) mass is 358 g/mol. The molecule has 132 valence electrons. The molecule has 1 aromatic rings. The zero-order valence-electron chi connectivity index (χ0n) is 13.6. The number of rotatable bonds is 6. The lowest BCUT2D eigenvalue weighted by atomic mass is 9.99. The highest BCUT2D eigenvalue weighted by Crippen LogP contribution is 2.64. The van der Waals surface area contributed by atoms with Gasteiger partial charge in [-0.2, -0.15) is 0 Å². The van der Waals surface area contributed by atoms with Crippen LogP contribution in [0.4, 0.5) is 4.39 Å². The smallest absolute Gasteiger partial charge is 0.325 e. The van der Waals surface area contributed by atoms with E-state index in [1.807, 2.05) is 0 Å². The minimum absolute atomic E-state index is 0.0215. The Morgan fingerprint density at radius 1 is 1.17 bits per heavy atom. The Balaban J connectivity index is 2.61. The number of esters is 2. The third kappa shape index (κ3) is 2.90. The number of ether oxygens (including phenoxy) is 2. The predicted molar refractivity (Wildman–Crippen MR) is 83.5 cm³/mol. The van der Waals surface area contributed by atoms with Crippen LogP contribution in [0.2, 0.25) is 0 Å². The fraction of sp³-hybridized carbons (Fsp3) is 0.500. The Morgan fingerprint density at radius 3 is 2.12 bits per heavy atom. The van der Waals surface area contributed by atoms with Gasteiger partial charge in [-0.1, -0.05) is 12.1 Å². The van der Waals surface area contributed by atoms with Gasteiger partial charge in [-0.25, -0.2) is 12.8 Å². The maximum absolute atomic E-state index is 13.5.